The summed E-state index contributed by atoms with van der Waals surface area (Å²) in [6.45, 7) is 3.38. The highest BCUT2D eigenvalue weighted by molar-refractivity contribution is 7.99. The molecule has 0 spiro atoms. The lowest BCUT2D eigenvalue weighted by Gasteiger charge is -2.10. The van der Waals surface area contributed by atoms with Crippen LogP contribution in [0.4, 0.5) is 16.0 Å². The predicted octanol–water partition coefficient (Wildman–Crippen LogP) is 2.04. The first-order valence-corrected chi connectivity index (χ1v) is 6.97. The molecule has 0 saturated heterocycles. The molecule has 0 aliphatic rings. The summed E-state index contributed by atoms with van der Waals surface area (Å²) in [7, 11) is 0. The number of halogens is 1. The Balaban J connectivity index is 2.31. The van der Waals surface area contributed by atoms with Crippen LogP contribution in [0.1, 0.15) is 12.5 Å². The Morgan fingerprint density at radius 1 is 1.25 bits per heavy atom. The number of hydrogen-bond acceptors (Lipinski definition) is 6. The topological polar surface area (TPSA) is 89.8 Å². The predicted molar refractivity (Wildman–Crippen MR) is 78.8 cm³/mol. The molecule has 0 atom stereocenters. The van der Waals surface area contributed by atoms with Crippen LogP contribution in [-0.2, 0) is 6.54 Å². The summed E-state index contributed by atoms with van der Waals surface area (Å²) in [6, 6.07) is 6.42. The minimum atomic E-state index is -0.310. The van der Waals surface area contributed by atoms with Crippen LogP contribution in [0.2, 0.25) is 0 Å². The van der Waals surface area contributed by atoms with Gasteiger partial charge in [0.1, 0.15) is 17.5 Å². The third-order valence-corrected chi connectivity index (χ3v) is 3.58. The van der Waals surface area contributed by atoms with Gasteiger partial charge < -0.3 is 16.8 Å². The molecule has 20 heavy (non-hydrogen) atoms. The zero-order chi connectivity index (χ0) is 14.5. The molecular weight excluding hydrogens is 277 g/mol. The van der Waals surface area contributed by atoms with Crippen LogP contribution in [0, 0.1) is 5.82 Å². The number of nitrogens with two attached hydrogens (primary N) is 2. The number of nitrogen functional groups attached to an aromatic ring is 2. The van der Waals surface area contributed by atoms with Crippen LogP contribution in [0.3, 0.4) is 0 Å². The van der Waals surface area contributed by atoms with Gasteiger partial charge in [0.05, 0.1) is 4.90 Å². The van der Waals surface area contributed by atoms with Gasteiger partial charge in [-0.1, -0.05) is 19.1 Å². The molecule has 2 rings (SSSR count). The Kier molecular flexibility index (Phi) is 4.75. The summed E-state index contributed by atoms with van der Waals surface area (Å²) in [5, 5.41) is 3.51. The molecule has 0 bridgehead atoms. The number of nitrogens with zero attached hydrogens (tertiary/aromatic N) is 2. The maximum atomic E-state index is 14.0. The molecule has 1 aromatic carbocycles. The van der Waals surface area contributed by atoms with Crippen molar-refractivity contribution in [2.75, 3.05) is 18.0 Å². The molecule has 1 aromatic heterocycles. The van der Waals surface area contributed by atoms with Crippen molar-refractivity contribution < 1.29 is 4.39 Å². The van der Waals surface area contributed by atoms with E-state index in [1.807, 2.05) is 13.0 Å². The third-order valence-electron chi connectivity index (χ3n) is 2.55. The van der Waals surface area contributed by atoms with E-state index < -0.39 is 0 Å². The molecule has 0 saturated carbocycles. The standard InChI is InChI=1S/C13H16FN5S/c1-2-17-7-8-4-3-5-9(14)12(8)20-13-18-10(15)6-11(16)19-13/h3-6,17H,2,7H2,1H3,(H4,15,16,18,19). The van der Waals surface area contributed by atoms with Crippen molar-refractivity contribution in [1.82, 2.24) is 15.3 Å². The SMILES string of the molecule is CCNCc1cccc(F)c1Sc1nc(N)cc(N)n1. The second-order valence-electron chi connectivity index (χ2n) is 4.11. The molecule has 1 heterocycles. The molecule has 7 heteroatoms. The van der Waals surface area contributed by atoms with Gasteiger partial charge in [-0.3, -0.25) is 0 Å². The zero-order valence-electron chi connectivity index (χ0n) is 11.1. The molecule has 5 nitrogen and oxygen atoms in total. The van der Waals surface area contributed by atoms with E-state index >= 15 is 0 Å². The van der Waals surface area contributed by atoms with Crippen LogP contribution >= 0.6 is 11.8 Å². The van der Waals surface area contributed by atoms with Crippen LogP contribution < -0.4 is 16.8 Å². The molecule has 0 aliphatic carbocycles. The van der Waals surface area contributed by atoms with E-state index in [9.17, 15) is 4.39 Å². The van der Waals surface area contributed by atoms with Gasteiger partial charge >= 0.3 is 0 Å². The zero-order valence-corrected chi connectivity index (χ0v) is 11.9. The first-order chi connectivity index (χ1) is 9.60. The van der Waals surface area contributed by atoms with Gasteiger partial charge in [-0.15, -0.1) is 0 Å². The molecular formula is C13H16FN5S. The second-order valence-corrected chi connectivity index (χ2v) is 5.09. The first kappa shape index (κ1) is 14.5. The summed E-state index contributed by atoms with van der Waals surface area (Å²) in [5.74, 6) is 0.226. The minimum absolute atomic E-state index is 0.268. The van der Waals surface area contributed by atoms with E-state index in [2.05, 4.69) is 15.3 Å². The summed E-state index contributed by atoms with van der Waals surface area (Å²) >= 11 is 1.12. The van der Waals surface area contributed by atoms with Crippen molar-refractivity contribution in [1.29, 1.82) is 0 Å². The van der Waals surface area contributed by atoms with Crippen LogP contribution in [0.25, 0.3) is 0 Å². The number of aromatic nitrogens is 2. The highest BCUT2D eigenvalue weighted by Gasteiger charge is 2.12. The third kappa shape index (κ3) is 3.58. The summed E-state index contributed by atoms with van der Waals surface area (Å²) in [4.78, 5) is 8.59. The fourth-order valence-electron chi connectivity index (χ4n) is 1.67. The number of anilines is 2. The molecule has 0 radical (unpaired) electrons. The lowest BCUT2D eigenvalue weighted by molar-refractivity contribution is 0.591. The Morgan fingerprint density at radius 3 is 2.60 bits per heavy atom. The summed E-state index contributed by atoms with van der Waals surface area (Å²) in [6.07, 6.45) is 0. The summed E-state index contributed by atoms with van der Waals surface area (Å²) < 4.78 is 14.0. The van der Waals surface area contributed by atoms with Gasteiger partial charge in [0, 0.05) is 12.6 Å². The van der Waals surface area contributed by atoms with Gasteiger partial charge in [-0.05, 0) is 29.9 Å². The van der Waals surface area contributed by atoms with E-state index in [0.717, 1.165) is 23.9 Å². The maximum Gasteiger partial charge on any atom is 0.196 e. The minimum Gasteiger partial charge on any atom is -0.383 e. The Labute approximate surface area is 121 Å². The van der Waals surface area contributed by atoms with Crippen LogP contribution in [0.15, 0.2) is 34.3 Å². The van der Waals surface area contributed by atoms with Crippen LogP contribution in [-0.4, -0.2) is 16.5 Å². The van der Waals surface area contributed by atoms with Crippen molar-refractivity contribution in [2.24, 2.45) is 0 Å². The molecule has 0 unspecified atom stereocenters. The quantitative estimate of drug-likeness (QED) is 0.731. The lowest BCUT2D eigenvalue weighted by Crippen LogP contribution is -2.13. The largest absolute Gasteiger partial charge is 0.383 e. The van der Waals surface area contributed by atoms with Gasteiger partial charge in [-0.2, -0.15) is 0 Å². The van der Waals surface area contributed by atoms with E-state index in [1.54, 1.807) is 6.07 Å². The van der Waals surface area contributed by atoms with Crippen molar-refractivity contribution >= 4 is 23.4 Å². The van der Waals surface area contributed by atoms with Gasteiger partial charge in [0.15, 0.2) is 5.16 Å². The molecule has 106 valence electrons. The summed E-state index contributed by atoms with van der Waals surface area (Å²) in [5.41, 5.74) is 12.1. The number of benzene rings is 1. The van der Waals surface area contributed by atoms with E-state index in [0.29, 0.717) is 16.6 Å². The average molecular weight is 293 g/mol. The highest BCUT2D eigenvalue weighted by atomic mass is 32.2. The Morgan fingerprint density at radius 2 is 1.95 bits per heavy atom. The fraction of sp³-hybridized carbons (Fsp3) is 0.231. The number of nitrogens with one attached hydrogen (secondary N) is 1. The van der Waals surface area contributed by atoms with E-state index in [4.69, 9.17) is 11.5 Å². The van der Waals surface area contributed by atoms with Crippen molar-refractivity contribution in [2.45, 2.75) is 23.5 Å². The van der Waals surface area contributed by atoms with Gasteiger partial charge in [-0.25, -0.2) is 14.4 Å². The molecule has 0 fully saturated rings. The number of rotatable bonds is 5. The van der Waals surface area contributed by atoms with Gasteiger partial charge in [0.25, 0.3) is 0 Å². The highest BCUT2D eigenvalue weighted by Crippen LogP contribution is 2.31. The fourth-order valence-corrected chi connectivity index (χ4v) is 2.59. The Hall–Kier alpha value is -1.86. The molecule has 0 amide bonds. The van der Waals surface area contributed by atoms with Crippen molar-refractivity contribution in [3.63, 3.8) is 0 Å². The second kappa shape index (κ2) is 6.53. The first-order valence-electron chi connectivity index (χ1n) is 6.16. The average Bonchev–Trinajstić information content (AvgIpc) is 2.38. The van der Waals surface area contributed by atoms with E-state index in [1.165, 1.54) is 12.1 Å². The maximum absolute atomic E-state index is 14.0. The molecule has 5 N–H and O–H groups in total. The van der Waals surface area contributed by atoms with E-state index in [-0.39, 0.29) is 17.5 Å². The normalized spacial score (nSPS) is 10.7. The monoisotopic (exact) mass is 293 g/mol. The smallest absolute Gasteiger partial charge is 0.196 e. The van der Waals surface area contributed by atoms with Crippen molar-refractivity contribution in [3.05, 3.63) is 35.6 Å². The molecule has 2 aromatic rings. The number of hydrogen-bond donors (Lipinski definition) is 3. The van der Waals surface area contributed by atoms with Gasteiger partial charge in [0.2, 0.25) is 0 Å². The van der Waals surface area contributed by atoms with Crippen LogP contribution in [0.5, 0.6) is 0 Å². The Bertz CT molecular complexity index is 585. The molecule has 0 aliphatic heterocycles. The lowest BCUT2D eigenvalue weighted by atomic mass is 10.2. The van der Waals surface area contributed by atoms with Crippen molar-refractivity contribution in [3.8, 4) is 0 Å².